The molecule has 0 aliphatic carbocycles. The SMILES string of the molecule is Cc1nc(CN(C)c2ccc(F)cc2[C@@H](C)N)cs1. The maximum absolute atomic E-state index is 13.3. The van der Waals surface area contributed by atoms with Crippen molar-refractivity contribution >= 4 is 17.0 Å². The number of nitrogens with zero attached hydrogens (tertiary/aromatic N) is 2. The summed E-state index contributed by atoms with van der Waals surface area (Å²) in [7, 11) is 1.97. The third-order valence-electron chi connectivity index (χ3n) is 2.96. The van der Waals surface area contributed by atoms with Crippen LogP contribution in [0.2, 0.25) is 0 Å². The largest absolute Gasteiger partial charge is 0.368 e. The minimum absolute atomic E-state index is 0.203. The standard InChI is InChI=1S/C14H18FN3S/c1-9(16)13-6-11(15)4-5-14(13)18(3)7-12-8-19-10(2)17-12/h4-6,8-9H,7,16H2,1-3H3/t9-/m1/s1. The zero-order chi connectivity index (χ0) is 14.0. The van der Waals surface area contributed by atoms with Crippen LogP contribution in [-0.4, -0.2) is 12.0 Å². The lowest BCUT2D eigenvalue weighted by Gasteiger charge is -2.23. The van der Waals surface area contributed by atoms with E-state index in [1.165, 1.54) is 12.1 Å². The van der Waals surface area contributed by atoms with Crippen LogP contribution in [0.15, 0.2) is 23.6 Å². The Morgan fingerprint density at radius 2 is 2.21 bits per heavy atom. The first-order valence-corrected chi connectivity index (χ1v) is 7.02. The molecular weight excluding hydrogens is 261 g/mol. The first-order valence-electron chi connectivity index (χ1n) is 6.14. The normalized spacial score (nSPS) is 12.5. The lowest BCUT2D eigenvalue weighted by Crippen LogP contribution is -2.20. The van der Waals surface area contributed by atoms with Crippen LogP contribution in [0.4, 0.5) is 10.1 Å². The van der Waals surface area contributed by atoms with Gasteiger partial charge in [0.05, 0.1) is 17.2 Å². The Kier molecular flexibility index (Phi) is 4.17. The van der Waals surface area contributed by atoms with Crippen molar-refractivity contribution in [2.45, 2.75) is 26.4 Å². The number of rotatable bonds is 4. The number of benzene rings is 1. The smallest absolute Gasteiger partial charge is 0.123 e. The lowest BCUT2D eigenvalue weighted by molar-refractivity contribution is 0.621. The summed E-state index contributed by atoms with van der Waals surface area (Å²) in [5.74, 6) is -0.256. The summed E-state index contributed by atoms with van der Waals surface area (Å²) in [6.45, 7) is 4.54. The van der Waals surface area contributed by atoms with Gasteiger partial charge in [0.15, 0.2) is 0 Å². The molecule has 5 heteroatoms. The van der Waals surface area contributed by atoms with Crippen molar-refractivity contribution in [1.29, 1.82) is 0 Å². The summed E-state index contributed by atoms with van der Waals surface area (Å²) in [5, 5.41) is 3.09. The van der Waals surface area contributed by atoms with Gasteiger partial charge in [-0.1, -0.05) is 0 Å². The molecule has 2 aromatic rings. The number of anilines is 1. The molecule has 0 amide bonds. The molecular formula is C14H18FN3S. The van der Waals surface area contributed by atoms with E-state index in [0.29, 0.717) is 6.54 Å². The van der Waals surface area contributed by atoms with E-state index in [1.54, 1.807) is 17.4 Å². The molecule has 0 aliphatic rings. The molecule has 1 aromatic heterocycles. The molecule has 0 saturated heterocycles. The van der Waals surface area contributed by atoms with Crippen LogP contribution in [0, 0.1) is 12.7 Å². The van der Waals surface area contributed by atoms with Crippen LogP contribution >= 0.6 is 11.3 Å². The average Bonchev–Trinajstić information content (AvgIpc) is 2.74. The monoisotopic (exact) mass is 279 g/mol. The first kappa shape index (κ1) is 14.0. The van der Waals surface area contributed by atoms with Crippen molar-refractivity contribution in [3.05, 3.63) is 45.7 Å². The molecule has 1 heterocycles. The summed E-state index contributed by atoms with van der Waals surface area (Å²) in [6.07, 6.45) is 0. The van der Waals surface area contributed by atoms with Gasteiger partial charge >= 0.3 is 0 Å². The van der Waals surface area contributed by atoms with Crippen molar-refractivity contribution < 1.29 is 4.39 Å². The van der Waals surface area contributed by atoms with E-state index in [1.807, 2.05) is 31.2 Å². The topological polar surface area (TPSA) is 42.2 Å². The van der Waals surface area contributed by atoms with Crippen molar-refractivity contribution in [3.8, 4) is 0 Å². The summed E-state index contributed by atoms with van der Waals surface area (Å²) in [5.41, 5.74) is 8.69. The van der Waals surface area contributed by atoms with Gasteiger partial charge in [-0.25, -0.2) is 9.37 Å². The van der Waals surface area contributed by atoms with Gasteiger partial charge in [0, 0.05) is 24.2 Å². The Hall–Kier alpha value is -1.46. The van der Waals surface area contributed by atoms with Crippen LogP contribution in [-0.2, 0) is 6.54 Å². The van der Waals surface area contributed by atoms with E-state index in [9.17, 15) is 4.39 Å². The van der Waals surface area contributed by atoms with Crippen LogP contribution in [0.1, 0.15) is 29.2 Å². The van der Waals surface area contributed by atoms with Crippen LogP contribution in [0.25, 0.3) is 0 Å². The summed E-state index contributed by atoms with van der Waals surface area (Å²) < 4.78 is 13.3. The highest BCUT2D eigenvalue weighted by molar-refractivity contribution is 7.09. The number of aryl methyl sites for hydroxylation is 1. The van der Waals surface area contributed by atoms with Gasteiger partial charge in [0.2, 0.25) is 0 Å². The number of thiazole rings is 1. The average molecular weight is 279 g/mol. The van der Waals surface area contributed by atoms with Crippen molar-refractivity contribution in [2.24, 2.45) is 5.73 Å². The summed E-state index contributed by atoms with van der Waals surface area (Å²) >= 11 is 1.63. The Morgan fingerprint density at radius 3 is 2.79 bits per heavy atom. The first-order chi connectivity index (χ1) is 8.97. The van der Waals surface area contributed by atoms with Gasteiger partial charge in [-0.2, -0.15) is 0 Å². The number of hydrogen-bond acceptors (Lipinski definition) is 4. The Labute approximate surface area is 116 Å². The van der Waals surface area contributed by atoms with Gasteiger partial charge in [-0.05, 0) is 37.6 Å². The highest BCUT2D eigenvalue weighted by atomic mass is 32.1. The zero-order valence-electron chi connectivity index (χ0n) is 11.4. The molecule has 2 N–H and O–H groups in total. The van der Waals surface area contributed by atoms with Gasteiger partial charge in [-0.3, -0.25) is 0 Å². The number of aromatic nitrogens is 1. The minimum atomic E-state index is -0.256. The van der Waals surface area contributed by atoms with Gasteiger partial charge in [-0.15, -0.1) is 11.3 Å². The maximum Gasteiger partial charge on any atom is 0.123 e. The van der Waals surface area contributed by atoms with E-state index >= 15 is 0 Å². The molecule has 0 unspecified atom stereocenters. The highest BCUT2D eigenvalue weighted by Crippen LogP contribution is 2.26. The molecule has 102 valence electrons. The van der Waals surface area contributed by atoms with Gasteiger partial charge < -0.3 is 10.6 Å². The van der Waals surface area contributed by atoms with E-state index < -0.39 is 0 Å². The quantitative estimate of drug-likeness (QED) is 0.934. The predicted octanol–water partition coefficient (Wildman–Crippen LogP) is 3.25. The Bertz CT molecular complexity index is 566. The molecule has 0 spiro atoms. The fourth-order valence-corrected chi connectivity index (χ4v) is 2.65. The number of hydrogen-bond donors (Lipinski definition) is 1. The van der Waals surface area contributed by atoms with Crippen molar-refractivity contribution in [3.63, 3.8) is 0 Å². The van der Waals surface area contributed by atoms with Crippen molar-refractivity contribution in [2.75, 3.05) is 11.9 Å². The maximum atomic E-state index is 13.3. The predicted molar refractivity (Wildman–Crippen MR) is 78.0 cm³/mol. The fraction of sp³-hybridized carbons (Fsp3) is 0.357. The second-order valence-corrected chi connectivity index (χ2v) is 5.77. The molecule has 1 atom stereocenters. The second kappa shape index (κ2) is 5.67. The van der Waals surface area contributed by atoms with Crippen LogP contribution in [0.3, 0.4) is 0 Å². The Morgan fingerprint density at radius 1 is 1.47 bits per heavy atom. The minimum Gasteiger partial charge on any atom is -0.368 e. The number of nitrogens with two attached hydrogens (primary N) is 1. The molecule has 19 heavy (non-hydrogen) atoms. The van der Waals surface area contributed by atoms with Crippen LogP contribution < -0.4 is 10.6 Å². The molecule has 0 aliphatic heterocycles. The van der Waals surface area contributed by atoms with E-state index in [2.05, 4.69) is 4.98 Å². The fourth-order valence-electron chi connectivity index (χ4n) is 2.05. The third kappa shape index (κ3) is 3.30. The van der Waals surface area contributed by atoms with E-state index in [4.69, 9.17) is 5.73 Å². The molecule has 1 aromatic carbocycles. The van der Waals surface area contributed by atoms with Gasteiger partial charge in [0.1, 0.15) is 5.82 Å². The van der Waals surface area contributed by atoms with E-state index in [-0.39, 0.29) is 11.9 Å². The molecule has 3 nitrogen and oxygen atoms in total. The van der Waals surface area contributed by atoms with E-state index in [0.717, 1.165) is 22.0 Å². The van der Waals surface area contributed by atoms with Crippen LogP contribution in [0.5, 0.6) is 0 Å². The number of halogens is 1. The van der Waals surface area contributed by atoms with Crippen molar-refractivity contribution in [1.82, 2.24) is 4.98 Å². The molecule has 0 radical (unpaired) electrons. The third-order valence-corrected chi connectivity index (χ3v) is 3.78. The summed E-state index contributed by atoms with van der Waals surface area (Å²) in [6, 6.07) is 4.53. The highest BCUT2D eigenvalue weighted by Gasteiger charge is 2.13. The molecule has 0 bridgehead atoms. The second-order valence-electron chi connectivity index (χ2n) is 4.71. The Balaban J connectivity index is 2.25. The summed E-state index contributed by atoms with van der Waals surface area (Å²) in [4.78, 5) is 6.49. The molecule has 0 fully saturated rings. The van der Waals surface area contributed by atoms with Gasteiger partial charge in [0.25, 0.3) is 0 Å². The lowest BCUT2D eigenvalue weighted by atomic mass is 10.1. The molecule has 2 rings (SSSR count). The zero-order valence-corrected chi connectivity index (χ0v) is 12.2. The molecule has 0 saturated carbocycles.